The molecule has 33 heavy (non-hydrogen) atoms. The Morgan fingerprint density at radius 3 is 2.18 bits per heavy atom. The summed E-state index contributed by atoms with van der Waals surface area (Å²) in [7, 11) is 2.17. The molecular formula is C29H41N3O. The smallest absolute Gasteiger partial charge is 0.186 e. The van der Waals surface area contributed by atoms with Gasteiger partial charge < -0.3 is 9.80 Å². The maximum Gasteiger partial charge on any atom is 0.186 e. The first-order valence-corrected chi connectivity index (χ1v) is 12.7. The zero-order valence-corrected chi connectivity index (χ0v) is 20.8. The van der Waals surface area contributed by atoms with E-state index in [1.165, 1.54) is 31.4 Å². The quantitative estimate of drug-likeness (QED) is 0.306. The zero-order valence-electron chi connectivity index (χ0n) is 20.8. The molecule has 0 N–H and O–H groups in total. The van der Waals surface area contributed by atoms with Crippen molar-refractivity contribution in [2.75, 3.05) is 51.2 Å². The van der Waals surface area contributed by atoms with E-state index in [0.717, 1.165) is 62.5 Å². The third-order valence-corrected chi connectivity index (χ3v) is 6.52. The van der Waals surface area contributed by atoms with Gasteiger partial charge in [-0.05, 0) is 49.2 Å². The second-order valence-electron chi connectivity index (χ2n) is 9.22. The summed E-state index contributed by atoms with van der Waals surface area (Å²) < 4.78 is 0. The maximum atomic E-state index is 13.0. The minimum atomic E-state index is 0.0799. The zero-order chi connectivity index (χ0) is 23.5. The molecule has 4 nitrogen and oxygen atoms in total. The average Bonchev–Trinajstić information content (AvgIpc) is 2.85. The van der Waals surface area contributed by atoms with Crippen LogP contribution in [0.5, 0.6) is 0 Å². The van der Waals surface area contributed by atoms with Gasteiger partial charge in [0.25, 0.3) is 0 Å². The lowest BCUT2D eigenvalue weighted by Crippen LogP contribution is -2.44. The van der Waals surface area contributed by atoms with Gasteiger partial charge in [0.05, 0.1) is 0 Å². The number of unbranched alkanes of at least 4 members (excludes halogenated alkanes) is 2. The first-order valence-electron chi connectivity index (χ1n) is 12.7. The van der Waals surface area contributed by atoms with Crippen LogP contribution in [0.4, 0.5) is 5.69 Å². The number of carbonyl (C=O) groups excluding carboxylic acids is 1. The molecule has 1 fully saturated rings. The molecule has 1 saturated heterocycles. The summed E-state index contributed by atoms with van der Waals surface area (Å²) in [6, 6.07) is 16.7. The van der Waals surface area contributed by atoms with E-state index < -0.39 is 0 Å². The number of hydrogen-bond donors (Lipinski definition) is 0. The largest absolute Gasteiger partial charge is 0.372 e. The summed E-state index contributed by atoms with van der Waals surface area (Å²) >= 11 is 0. The van der Waals surface area contributed by atoms with Gasteiger partial charge in [-0.3, -0.25) is 9.69 Å². The van der Waals surface area contributed by atoms with Crippen molar-refractivity contribution in [1.82, 2.24) is 9.80 Å². The molecular weight excluding hydrogens is 406 g/mol. The topological polar surface area (TPSA) is 26.8 Å². The molecule has 1 aliphatic rings. The Labute approximate surface area is 200 Å². The van der Waals surface area contributed by atoms with E-state index in [4.69, 9.17) is 0 Å². The predicted molar refractivity (Wildman–Crippen MR) is 141 cm³/mol. The van der Waals surface area contributed by atoms with E-state index in [1.807, 2.05) is 24.3 Å². The highest BCUT2D eigenvalue weighted by molar-refractivity contribution is 6.07. The van der Waals surface area contributed by atoms with Crippen molar-refractivity contribution >= 4 is 17.5 Å². The molecule has 3 rings (SSSR count). The minimum Gasteiger partial charge on any atom is -0.372 e. The van der Waals surface area contributed by atoms with Crippen LogP contribution in [-0.4, -0.2) is 61.9 Å². The molecule has 0 aromatic heterocycles. The molecule has 4 heteroatoms. The molecule has 0 unspecified atom stereocenters. The number of piperazine rings is 1. The number of rotatable bonds is 12. The van der Waals surface area contributed by atoms with Crippen LogP contribution in [0.2, 0.25) is 0 Å². The standard InChI is InChI=1S/C29H41N3O/c1-4-6-18-32(19-7-5-2)27-15-12-25(13-16-27)14-17-29(33)28-11-9-8-10-26(28)24-31-22-20-30(3)21-23-31/h8-17H,4-7,18-24H2,1-3H3. The first kappa shape index (κ1) is 25.2. The van der Waals surface area contributed by atoms with Crippen LogP contribution in [0.15, 0.2) is 54.6 Å². The normalized spacial score (nSPS) is 15.2. The van der Waals surface area contributed by atoms with Gasteiger partial charge in [-0.15, -0.1) is 0 Å². The Bertz CT molecular complexity index is 874. The van der Waals surface area contributed by atoms with E-state index in [9.17, 15) is 4.79 Å². The summed E-state index contributed by atoms with van der Waals surface area (Å²) in [4.78, 5) is 20.3. The predicted octanol–water partition coefficient (Wildman–Crippen LogP) is 5.74. The monoisotopic (exact) mass is 447 g/mol. The SMILES string of the molecule is CCCCN(CCCC)c1ccc(C=CC(=O)c2ccccc2CN2CCN(C)CC2)cc1. The van der Waals surface area contributed by atoms with Gasteiger partial charge in [-0.2, -0.15) is 0 Å². The summed E-state index contributed by atoms with van der Waals surface area (Å²) in [6.07, 6.45) is 8.52. The van der Waals surface area contributed by atoms with Crippen LogP contribution in [0, 0.1) is 0 Å². The molecule has 178 valence electrons. The summed E-state index contributed by atoms with van der Waals surface area (Å²) in [5, 5.41) is 0. The molecule has 1 heterocycles. The van der Waals surface area contributed by atoms with Gasteiger partial charge in [0.2, 0.25) is 0 Å². The highest BCUT2D eigenvalue weighted by Crippen LogP contribution is 2.19. The number of benzene rings is 2. The van der Waals surface area contributed by atoms with E-state index in [-0.39, 0.29) is 5.78 Å². The van der Waals surface area contributed by atoms with Crippen LogP contribution in [0.1, 0.15) is 61.0 Å². The fourth-order valence-corrected chi connectivity index (χ4v) is 4.27. The van der Waals surface area contributed by atoms with Gasteiger partial charge in [0.1, 0.15) is 0 Å². The Hall–Kier alpha value is -2.43. The van der Waals surface area contributed by atoms with Crippen LogP contribution in [-0.2, 0) is 6.54 Å². The number of carbonyl (C=O) groups is 1. The second-order valence-corrected chi connectivity index (χ2v) is 9.22. The van der Waals surface area contributed by atoms with Gasteiger partial charge in [0, 0.05) is 57.1 Å². The number of anilines is 1. The van der Waals surface area contributed by atoms with Gasteiger partial charge in [0.15, 0.2) is 5.78 Å². The van der Waals surface area contributed by atoms with Crippen LogP contribution < -0.4 is 4.90 Å². The Kier molecular flexibility index (Phi) is 10.2. The lowest BCUT2D eigenvalue weighted by Gasteiger charge is -2.32. The lowest BCUT2D eigenvalue weighted by atomic mass is 10.0. The maximum absolute atomic E-state index is 13.0. The molecule has 2 aromatic carbocycles. The van der Waals surface area contributed by atoms with E-state index in [2.05, 4.69) is 65.9 Å². The fraction of sp³-hybridized carbons (Fsp3) is 0.483. The van der Waals surface area contributed by atoms with Gasteiger partial charge in [-0.1, -0.05) is 69.2 Å². The van der Waals surface area contributed by atoms with Crippen LogP contribution in [0.3, 0.4) is 0 Å². The Balaban J connectivity index is 1.64. The average molecular weight is 448 g/mol. The van der Waals surface area contributed by atoms with E-state index in [1.54, 1.807) is 6.08 Å². The number of hydrogen-bond acceptors (Lipinski definition) is 4. The second kappa shape index (κ2) is 13.3. The molecule has 0 saturated carbocycles. The molecule has 0 aliphatic carbocycles. The number of likely N-dealkylation sites (N-methyl/N-ethyl adjacent to an activating group) is 1. The van der Waals surface area contributed by atoms with Crippen molar-refractivity contribution in [2.24, 2.45) is 0 Å². The molecule has 0 radical (unpaired) electrons. The van der Waals surface area contributed by atoms with Crippen molar-refractivity contribution in [3.63, 3.8) is 0 Å². The first-order chi connectivity index (χ1) is 16.1. The molecule has 0 atom stereocenters. The van der Waals surface area contributed by atoms with Gasteiger partial charge >= 0.3 is 0 Å². The third kappa shape index (κ3) is 7.83. The van der Waals surface area contributed by atoms with Crippen LogP contribution >= 0.6 is 0 Å². The molecule has 1 aliphatic heterocycles. The number of ketones is 1. The van der Waals surface area contributed by atoms with Gasteiger partial charge in [-0.25, -0.2) is 0 Å². The van der Waals surface area contributed by atoms with Crippen LogP contribution in [0.25, 0.3) is 6.08 Å². The van der Waals surface area contributed by atoms with Crippen molar-refractivity contribution in [3.05, 3.63) is 71.3 Å². The molecule has 2 aromatic rings. The number of allylic oxidation sites excluding steroid dienone is 1. The highest BCUT2D eigenvalue weighted by Gasteiger charge is 2.16. The number of nitrogens with zero attached hydrogens (tertiary/aromatic N) is 3. The van der Waals surface area contributed by atoms with E-state index >= 15 is 0 Å². The molecule has 0 bridgehead atoms. The Morgan fingerprint density at radius 2 is 1.55 bits per heavy atom. The van der Waals surface area contributed by atoms with Crippen molar-refractivity contribution in [3.8, 4) is 0 Å². The Morgan fingerprint density at radius 1 is 0.909 bits per heavy atom. The van der Waals surface area contributed by atoms with Crippen molar-refractivity contribution in [1.29, 1.82) is 0 Å². The van der Waals surface area contributed by atoms with Crippen molar-refractivity contribution in [2.45, 2.75) is 46.1 Å². The fourth-order valence-electron chi connectivity index (χ4n) is 4.27. The lowest BCUT2D eigenvalue weighted by molar-refractivity contribution is 0.104. The minimum absolute atomic E-state index is 0.0799. The van der Waals surface area contributed by atoms with E-state index in [0.29, 0.717) is 0 Å². The summed E-state index contributed by atoms with van der Waals surface area (Å²) in [6.45, 7) is 11.8. The van der Waals surface area contributed by atoms with Crippen molar-refractivity contribution < 1.29 is 4.79 Å². The summed E-state index contributed by atoms with van der Waals surface area (Å²) in [5.41, 5.74) is 4.27. The molecule has 0 spiro atoms. The molecule has 0 amide bonds. The third-order valence-electron chi connectivity index (χ3n) is 6.52. The summed E-state index contributed by atoms with van der Waals surface area (Å²) in [5.74, 6) is 0.0799. The highest BCUT2D eigenvalue weighted by atomic mass is 16.1.